The average molecular weight is 268 g/mol. The Labute approximate surface area is 112 Å². The number of aryl methyl sites for hydroxylation is 2. The molecule has 0 aliphatic rings. The second-order valence-corrected chi connectivity index (χ2v) is 5.83. The van der Waals surface area contributed by atoms with Gasteiger partial charge in [0, 0.05) is 12.7 Å². The molecule has 0 radical (unpaired) electrons. The molecule has 0 heterocycles. The number of benzene rings is 1. The molecule has 3 nitrogen and oxygen atoms in total. The number of thioether (sulfide) groups is 1. The predicted molar refractivity (Wildman–Crippen MR) is 74.6 cm³/mol. The van der Waals surface area contributed by atoms with E-state index in [1.807, 2.05) is 32.0 Å². The molecular weight excluding hydrogens is 248 g/mol. The number of aliphatic hydroxyl groups excluding tert-OH is 2. The molecule has 0 saturated carbocycles. The van der Waals surface area contributed by atoms with Crippen molar-refractivity contribution in [3.8, 4) is 0 Å². The van der Waals surface area contributed by atoms with Crippen molar-refractivity contribution in [2.24, 2.45) is 0 Å². The van der Waals surface area contributed by atoms with Crippen LogP contribution >= 0.6 is 11.8 Å². The molecule has 4 heteroatoms. The Kier molecular flexibility index (Phi) is 5.85. The molecule has 100 valence electrons. The van der Waals surface area contributed by atoms with Crippen LogP contribution in [0.15, 0.2) is 18.2 Å². The van der Waals surface area contributed by atoms with E-state index in [0.717, 1.165) is 16.7 Å². The van der Waals surface area contributed by atoms with Crippen molar-refractivity contribution < 1.29 is 15.0 Å². The van der Waals surface area contributed by atoms with Crippen LogP contribution in [0.3, 0.4) is 0 Å². The van der Waals surface area contributed by atoms with E-state index in [4.69, 9.17) is 0 Å². The van der Waals surface area contributed by atoms with Crippen molar-refractivity contribution >= 4 is 16.9 Å². The Morgan fingerprint density at radius 1 is 1.22 bits per heavy atom. The van der Waals surface area contributed by atoms with Crippen molar-refractivity contribution in [3.05, 3.63) is 34.9 Å². The van der Waals surface area contributed by atoms with Crippen LogP contribution in [0.5, 0.6) is 0 Å². The molecule has 0 aliphatic carbocycles. The van der Waals surface area contributed by atoms with Gasteiger partial charge in [-0.3, -0.25) is 4.79 Å². The quantitative estimate of drug-likeness (QED) is 0.861. The number of rotatable bonds is 5. The van der Waals surface area contributed by atoms with E-state index in [1.165, 1.54) is 18.7 Å². The number of aliphatic hydroxyl groups is 2. The Hall–Kier alpha value is -0.840. The van der Waals surface area contributed by atoms with Gasteiger partial charge in [-0.2, -0.15) is 0 Å². The highest BCUT2D eigenvalue weighted by atomic mass is 32.2. The van der Waals surface area contributed by atoms with Crippen LogP contribution in [0.4, 0.5) is 0 Å². The lowest BCUT2D eigenvalue weighted by Crippen LogP contribution is -2.19. The summed E-state index contributed by atoms with van der Waals surface area (Å²) >= 11 is 1.17. The van der Waals surface area contributed by atoms with E-state index in [9.17, 15) is 15.0 Å². The number of hydrogen-bond acceptors (Lipinski definition) is 4. The molecule has 0 aromatic heterocycles. The lowest BCUT2D eigenvalue weighted by Gasteiger charge is -2.18. The number of carbonyl (C=O) groups excluding carboxylic acids is 1. The zero-order valence-electron chi connectivity index (χ0n) is 11.0. The van der Waals surface area contributed by atoms with E-state index in [0.29, 0.717) is 12.2 Å². The van der Waals surface area contributed by atoms with Gasteiger partial charge in [-0.1, -0.05) is 41.1 Å². The Balaban J connectivity index is 2.62. The SMILES string of the molecule is CC(=O)SCCC(O)C(O)c1cc(C)cc(C)c1. The van der Waals surface area contributed by atoms with Gasteiger partial charge in [0.15, 0.2) is 5.12 Å². The van der Waals surface area contributed by atoms with Gasteiger partial charge in [-0.25, -0.2) is 0 Å². The summed E-state index contributed by atoms with van der Waals surface area (Å²) in [6, 6.07) is 5.77. The highest BCUT2D eigenvalue weighted by Crippen LogP contribution is 2.22. The zero-order valence-corrected chi connectivity index (χ0v) is 11.8. The first kappa shape index (κ1) is 15.2. The van der Waals surface area contributed by atoms with E-state index < -0.39 is 12.2 Å². The summed E-state index contributed by atoms with van der Waals surface area (Å²) in [6.45, 7) is 5.42. The molecule has 0 saturated heterocycles. The van der Waals surface area contributed by atoms with Gasteiger partial charge in [-0.15, -0.1) is 0 Å². The Bertz CT molecular complexity index is 397. The van der Waals surface area contributed by atoms with Crippen molar-refractivity contribution in [1.29, 1.82) is 0 Å². The van der Waals surface area contributed by atoms with Gasteiger partial charge in [0.25, 0.3) is 0 Å². The minimum atomic E-state index is -0.892. The van der Waals surface area contributed by atoms with Crippen LogP contribution in [0.2, 0.25) is 0 Å². The summed E-state index contributed by atoms with van der Waals surface area (Å²) in [7, 11) is 0. The largest absolute Gasteiger partial charge is 0.390 e. The van der Waals surface area contributed by atoms with Gasteiger partial charge in [0.2, 0.25) is 0 Å². The van der Waals surface area contributed by atoms with Crippen molar-refractivity contribution in [2.45, 2.75) is 39.4 Å². The van der Waals surface area contributed by atoms with Gasteiger partial charge < -0.3 is 10.2 Å². The first-order valence-corrected chi connectivity index (χ1v) is 6.96. The fraction of sp³-hybridized carbons (Fsp3) is 0.500. The molecule has 2 atom stereocenters. The molecule has 2 N–H and O–H groups in total. The molecule has 18 heavy (non-hydrogen) atoms. The lowest BCUT2D eigenvalue weighted by atomic mass is 9.99. The van der Waals surface area contributed by atoms with Crippen LogP contribution < -0.4 is 0 Å². The second-order valence-electron chi connectivity index (χ2n) is 4.56. The van der Waals surface area contributed by atoms with Crippen LogP contribution in [0, 0.1) is 13.8 Å². The summed E-state index contributed by atoms with van der Waals surface area (Å²) in [5, 5.41) is 20.0. The monoisotopic (exact) mass is 268 g/mol. The summed E-state index contributed by atoms with van der Waals surface area (Å²) in [5.74, 6) is 0.526. The maximum Gasteiger partial charge on any atom is 0.185 e. The first-order chi connectivity index (χ1) is 8.40. The molecule has 0 fully saturated rings. The summed E-state index contributed by atoms with van der Waals surface area (Å²) in [5.41, 5.74) is 2.86. The summed E-state index contributed by atoms with van der Waals surface area (Å²) in [6.07, 6.45) is -1.33. The molecule has 2 unspecified atom stereocenters. The van der Waals surface area contributed by atoms with E-state index in [2.05, 4.69) is 0 Å². The van der Waals surface area contributed by atoms with Crippen molar-refractivity contribution in [2.75, 3.05) is 5.75 Å². The highest BCUT2D eigenvalue weighted by molar-refractivity contribution is 8.13. The van der Waals surface area contributed by atoms with Gasteiger partial charge in [-0.05, 0) is 25.8 Å². The van der Waals surface area contributed by atoms with Crippen LogP contribution in [-0.2, 0) is 4.79 Å². The molecule has 0 spiro atoms. The third-order valence-electron chi connectivity index (χ3n) is 2.67. The topological polar surface area (TPSA) is 57.5 Å². The molecule has 0 bridgehead atoms. The summed E-state index contributed by atoms with van der Waals surface area (Å²) in [4.78, 5) is 10.8. The first-order valence-electron chi connectivity index (χ1n) is 5.98. The third-order valence-corrected chi connectivity index (χ3v) is 3.52. The normalized spacial score (nSPS) is 14.3. The molecule has 0 aliphatic heterocycles. The second kappa shape index (κ2) is 6.92. The van der Waals surface area contributed by atoms with Crippen molar-refractivity contribution in [3.63, 3.8) is 0 Å². The molecule has 1 aromatic carbocycles. The average Bonchev–Trinajstić information content (AvgIpc) is 2.26. The fourth-order valence-electron chi connectivity index (χ4n) is 1.88. The Morgan fingerprint density at radius 3 is 2.28 bits per heavy atom. The Morgan fingerprint density at radius 2 is 1.78 bits per heavy atom. The minimum Gasteiger partial charge on any atom is -0.390 e. The number of hydrogen-bond donors (Lipinski definition) is 2. The van der Waals surface area contributed by atoms with Crippen molar-refractivity contribution in [1.82, 2.24) is 0 Å². The fourth-order valence-corrected chi connectivity index (χ4v) is 2.53. The van der Waals surface area contributed by atoms with Crippen LogP contribution in [0.1, 0.15) is 36.1 Å². The maximum absolute atomic E-state index is 10.8. The van der Waals surface area contributed by atoms with E-state index in [1.54, 1.807) is 0 Å². The van der Waals surface area contributed by atoms with E-state index in [-0.39, 0.29) is 5.12 Å². The third kappa shape index (κ3) is 4.80. The highest BCUT2D eigenvalue weighted by Gasteiger charge is 2.18. The summed E-state index contributed by atoms with van der Waals surface area (Å²) < 4.78 is 0. The molecular formula is C14H20O3S. The maximum atomic E-state index is 10.8. The molecule has 0 amide bonds. The van der Waals surface area contributed by atoms with Gasteiger partial charge in [0.1, 0.15) is 6.10 Å². The van der Waals surface area contributed by atoms with Crippen LogP contribution in [0.25, 0.3) is 0 Å². The molecule has 1 aromatic rings. The smallest absolute Gasteiger partial charge is 0.185 e. The standard InChI is InChI=1S/C14H20O3S/c1-9-6-10(2)8-12(7-9)14(17)13(16)4-5-18-11(3)15/h6-8,13-14,16-17H,4-5H2,1-3H3. The minimum absolute atomic E-state index is 0.0306. The molecule has 1 rings (SSSR count). The van der Waals surface area contributed by atoms with Gasteiger partial charge >= 0.3 is 0 Å². The van der Waals surface area contributed by atoms with Crippen LogP contribution in [-0.4, -0.2) is 27.2 Å². The lowest BCUT2D eigenvalue weighted by molar-refractivity contribution is -0.109. The van der Waals surface area contributed by atoms with E-state index >= 15 is 0 Å². The number of carbonyl (C=O) groups is 1. The predicted octanol–water partition coefficient (Wildman–Crippen LogP) is 2.37. The zero-order chi connectivity index (χ0) is 13.7. The van der Waals surface area contributed by atoms with Gasteiger partial charge in [0.05, 0.1) is 6.10 Å².